The summed E-state index contributed by atoms with van der Waals surface area (Å²) in [5.74, 6) is -2.32. The Morgan fingerprint density at radius 3 is 2.58 bits per heavy atom. The van der Waals surface area contributed by atoms with E-state index in [0.717, 1.165) is 12.1 Å². The zero-order valence-electron chi connectivity index (χ0n) is 21.3. The van der Waals surface area contributed by atoms with Crippen molar-refractivity contribution in [2.75, 3.05) is 25.0 Å². The lowest BCUT2D eigenvalue weighted by atomic mass is 9.97. The summed E-state index contributed by atoms with van der Waals surface area (Å²) in [6.07, 6.45) is 3.79. The molecule has 200 valence electrons. The number of aryl methyl sites for hydroxylation is 1. The highest BCUT2D eigenvalue weighted by Gasteiger charge is 2.40. The van der Waals surface area contributed by atoms with Crippen molar-refractivity contribution in [1.82, 2.24) is 29.7 Å². The van der Waals surface area contributed by atoms with E-state index in [-0.39, 0.29) is 46.2 Å². The van der Waals surface area contributed by atoms with Crippen LogP contribution in [0.1, 0.15) is 37.0 Å². The van der Waals surface area contributed by atoms with Crippen LogP contribution in [0.4, 0.5) is 14.6 Å². The molecule has 0 radical (unpaired) electrons. The Hall–Kier alpha value is -4.26. The summed E-state index contributed by atoms with van der Waals surface area (Å²) in [4.78, 5) is 56.0. The van der Waals surface area contributed by atoms with E-state index in [4.69, 9.17) is 4.74 Å². The van der Waals surface area contributed by atoms with Gasteiger partial charge in [0.25, 0.3) is 11.5 Å². The van der Waals surface area contributed by atoms with E-state index in [1.54, 1.807) is 11.8 Å². The Kier molecular flexibility index (Phi) is 7.49. The number of aromatic amines is 1. The maximum Gasteiger partial charge on any atom is 0.274 e. The molecule has 3 heterocycles. The molecule has 2 amide bonds. The molecule has 13 heteroatoms. The van der Waals surface area contributed by atoms with Crippen molar-refractivity contribution in [3.63, 3.8) is 0 Å². The first-order valence-electron chi connectivity index (χ1n) is 11.8. The number of nitrogens with zero attached hydrogens (tertiary/aromatic N) is 5. The number of halogens is 2. The van der Waals surface area contributed by atoms with Crippen LogP contribution in [-0.4, -0.2) is 72.8 Å². The number of anilines is 1. The van der Waals surface area contributed by atoms with Gasteiger partial charge in [-0.25, -0.2) is 23.7 Å². The normalized spacial score (nSPS) is 16.1. The molecule has 1 saturated heterocycles. The van der Waals surface area contributed by atoms with E-state index < -0.39 is 23.2 Å². The van der Waals surface area contributed by atoms with Gasteiger partial charge in [-0.3, -0.25) is 19.3 Å². The van der Waals surface area contributed by atoms with Crippen LogP contribution in [0.2, 0.25) is 0 Å². The van der Waals surface area contributed by atoms with E-state index in [1.165, 1.54) is 25.5 Å². The number of hydrogen-bond acceptors (Lipinski definition) is 8. The Morgan fingerprint density at radius 1 is 1.18 bits per heavy atom. The minimum absolute atomic E-state index is 0.0312. The number of amides is 2. The summed E-state index contributed by atoms with van der Waals surface area (Å²) >= 11 is 0. The predicted octanol–water partition coefficient (Wildman–Crippen LogP) is 2.50. The van der Waals surface area contributed by atoms with Gasteiger partial charge < -0.3 is 19.9 Å². The second-order valence-corrected chi connectivity index (χ2v) is 9.52. The van der Waals surface area contributed by atoms with Crippen molar-refractivity contribution in [2.45, 2.75) is 39.3 Å². The molecule has 1 unspecified atom stereocenters. The van der Waals surface area contributed by atoms with E-state index in [0.29, 0.717) is 25.7 Å². The topological polar surface area (TPSA) is 133 Å². The fourth-order valence-electron chi connectivity index (χ4n) is 4.15. The number of aromatic nitrogens is 4. The molecular formula is C25H27F2N7O4. The molecular weight excluding hydrogens is 500 g/mol. The number of rotatable bonds is 6. The summed E-state index contributed by atoms with van der Waals surface area (Å²) in [7, 11) is 0. The Balaban J connectivity index is 1.36. The fourth-order valence-corrected chi connectivity index (χ4v) is 4.15. The predicted molar refractivity (Wildman–Crippen MR) is 133 cm³/mol. The standard InChI is InChI=1S/C25H27F2N7O4/c1-14-22(35)30-10-18(31-14)24(37)34-8-7-33(13-25(34,3)4)15(2)23(36)32-20-11-29-21(12-28-20)38-19-6-5-16(26)9-17(19)27/h5-6,9-12,15H,7-8,13H2,1-4H3,(H,30,35)(H,28,32,36). The van der Waals surface area contributed by atoms with E-state index in [2.05, 4.69) is 25.3 Å². The van der Waals surface area contributed by atoms with Crippen molar-refractivity contribution < 1.29 is 23.1 Å². The zero-order valence-corrected chi connectivity index (χ0v) is 21.3. The highest BCUT2D eigenvalue weighted by molar-refractivity contribution is 5.94. The van der Waals surface area contributed by atoms with Gasteiger partial charge in [0, 0.05) is 31.9 Å². The molecule has 1 fully saturated rings. The quantitative estimate of drug-likeness (QED) is 0.500. The van der Waals surface area contributed by atoms with Crippen LogP contribution in [0.25, 0.3) is 0 Å². The fraction of sp³-hybridized carbons (Fsp3) is 0.360. The molecule has 3 aromatic rings. The maximum atomic E-state index is 13.8. The minimum atomic E-state index is -0.882. The van der Waals surface area contributed by atoms with Gasteiger partial charge in [0.05, 0.1) is 24.0 Å². The molecule has 1 aliphatic rings. The van der Waals surface area contributed by atoms with E-state index in [1.807, 2.05) is 18.7 Å². The number of carbonyl (C=O) groups excluding carboxylic acids is 2. The van der Waals surface area contributed by atoms with Gasteiger partial charge in [-0.1, -0.05) is 0 Å². The molecule has 0 aliphatic carbocycles. The average molecular weight is 528 g/mol. The first-order valence-corrected chi connectivity index (χ1v) is 11.8. The number of hydrogen-bond donors (Lipinski definition) is 2. The Morgan fingerprint density at radius 2 is 1.95 bits per heavy atom. The SMILES string of the molecule is Cc1nc(C(=O)N2CCN(C(C)C(=O)Nc3cnc(Oc4ccc(F)cc4F)cn3)CC2(C)C)c[nH]c1=O. The maximum absolute atomic E-state index is 13.8. The van der Waals surface area contributed by atoms with E-state index >= 15 is 0 Å². The first kappa shape index (κ1) is 26.8. The minimum Gasteiger partial charge on any atom is -0.434 e. The van der Waals surface area contributed by atoms with Gasteiger partial charge >= 0.3 is 0 Å². The van der Waals surface area contributed by atoms with Crippen LogP contribution in [0.5, 0.6) is 11.6 Å². The Bertz CT molecular complexity index is 1410. The third-order valence-corrected chi connectivity index (χ3v) is 6.27. The molecule has 2 aromatic heterocycles. The number of ether oxygens (including phenoxy) is 1. The summed E-state index contributed by atoms with van der Waals surface area (Å²) in [5.41, 5.74) is -0.603. The number of piperazine rings is 1. The van der Waals surface area contributed by atoms with Crippen molar-refractivity contribution in [3.8, 4) is 11.6 Å². The van der Waals surface area contributed by atoms with Gasteiger partial charge in [0.1, 0.15) is 17.2 Å². The van der Waals surface area contributed by atoms with Gasteiger partial charge in [-0.2, -0.15) is 0 Å². The monoisotopic (exact) mass is 527 g/mol. The molecule has 1 atom stereocenters. The van der Waals surface area contributed by atoms with Crippen LogP contribution >= 0.6 is 0 Å². The van der Waals surface area contributed by atoms with Gasteiger partial charge in [-0.05, 0) is 39.8 Å². The number of carbonyl (C=O) groups is 2. The lowest BCUT2D eigenvalue weighted by Gasteiger charge is -2.48. The van der Waals surface area contributed by atoms with Crippen molar-refractivity contribution >= 4 is 17.6 Å². The van der Waals surface area contributed by atoms with Crippen molar-refractivity contribution in [1.29, 1.82) is 0 Å². The molecule has 4 rings (SSSR count). The Labute approximate surface area is 216 Å². The molecule has 0 bridgehead atoms. The second kappa shape index (κ2) is 10.6. The number of nitrogens with one attached hydrogen (secondary N) is 2. The van der Waals surface area contributed by atoms with Crippen LogP contribution in [0, 0.1) is 18.6 Å². The summed E-state index contributed by atoms with van der Waals surface area (Å²) in [6, 6.07) is 2.33. The second-order valence-electron chi connectivity index (χ2n) is 9.52. The third-order valence-electron chi connectivity index (χ3n) is 6.27. The zero-order chi connectivity index (χ0) is 27.6. The molecule has 38 heavy (non-hydrogen) atoms. The van der Waals surface area contributed by atoms with Crippen molar-refractivity contribution in [2.24, 2.45) is 0 Å². The van der Waals surface area contributed by atoms with Gasteiger partial charge in [0.15, 0.2) is 17.4 Å². The smallest absolute Gasteiger partial charge is 0.274 e. The lowest BCUT2D eigenvalue weighted by molar-refractivity contribution is -0.122. The molecule has 1 aliphatic heterocycles. The highest BCUT2D eigenvalue weighted by atomic mass is 19.1. The summed E-state index contributed by atoms with van der Waals surface area (Å²) in [5, 5.41) is 2.69. The summed E-state index contributed by atoms with van der Waals surface area (Å²) in [6.45, 7) is 8.29. The van der Waals surface area contributed by atoms with Crippen LogP contribution in [-0.2, 0) is 4.79 Å². The molecule has 1 aromatic carbocycles. The van der Waals surface area contributed by atoms with Crippen LogP contribution < -0.4 is 15.6 Å². The first-order chi connectivity index (χ1) is 17.9. The average Bonchev–Trinajstić information content (AvgIpc) is 2.87. The van der Waals surface area contributed by atoms with Gasteiger partial charge in [-0.15, -0.1) is 0 Å². The molecule has 0 spiro atoms. The molecule has 2 N–H and O–H groups in total. The lowest BCUT2D eigenvalue weighted by Crippen LogP contribution is -2.63. The third kappa shape index (κ3) is 5.83. The van der Waals surface area contributed by atoms with Crippen LogP contribution in [0.15, 0.2) is 41.6 Å². The number of benzene rings is 1. The summed E-state index contributed by atoms with van der Waals surface area (Å²) < 4.78 is 32.1. The van der Waals surface area contributed by atoms with Crippen molar-refractivity contribution in [3.05, 3.63) is 70.2 Å². The molecule has 11 nitrogen and oxygen atoms in total. The van der Waals surface area contributed by atoms with Gasteiger partial charge in [0.2, 0.25) is 11.8 Å². The number of H-pyrrole nitrogens is 1. The highest BCUT2D eigenvalue weighted by Crippen LogP contribution is 2.25. The van der Waals surface area contributed by atoms with Crippen LogP contribution in [0.3, 0.4) is 0 Å². The largest absolute Gasteiger partial charge is 0.434 e. The molecule has 0 saturated carbocycles. The van der Waals surface area contributed by atoms with E-state index in [9.17, 15) is 23.2 Å².